The first-order valence-electron chi connectivity index (χ1n) is 9.45. The van der Waals surface area contributed by atoms with Crippen LogP contribution in [0.15, 0.2) is 59.7 Å². The standard InChI is InChI=1S/C23H22ClN3O4/c1-14(10-22(28)25-19-13-20(30-2)18(24)12-21(19)31-3)26-27-23(29)17-9-8-15-6-4-5-7-16(15)11-17/h4-9,11-13H,10H2,1-3H3,(H,25,28)(H,27,29)/b26-14+. The Kier molecular flexibility index (Phi) is 7.10. The molecule has 0 aromatic heterocycles. The number of anilines is 1. The SMILES string of the molecule is COc1cc(NC(=O)C/C(C)=N/NC(=O)c2ccc3ccccc3c2)c(OC)cc1Cl. The van der Waals surface area contributed by atoms with Gasteiger partial charge in [-0.3, -0.25) is 9.59 Å². The lowest BCUT2D eigenvalue weighted by molar-refractivity contribution is -0.115. The van der Waals surface area contributed by atoms with Gasteiger partial charge < -0.3 is 14.8 Å². The number of rotatable bonds is 7. The zero-order valence-electron chi connectivity index (χ0n) is 17.4. The van der Waals surface area contributed by atoms with Crippen LogP contribution in [0.25, 0.3) is 10.8 Å². The van der Waals surface area contributed by atoms with Crippen molar-refractivity contribution < 1.29 is 19.1 Å². The van der Waals surface area contributed by atoms with Crippen molar-refractivity contribution in [3.8, 4) is 11.5 Å². The summed E-state index contributed by atoms with van der Waals surface area (Å²) in [6.45, 7) is 1.65. The van der Waals surface area contributed by atoms with E-state index in [9.17, 15) is 9.59 Å². The number of carbonyl (C=O) groups is 2. The number of benzene rings is 3. The van der Waals surface area contributed by atoms with Gasteiger partial charge in [-0.15, -0.1) is 0 Å². The first kappa shape index (κ1) is 22.1. The summed E-state index contributed by atoms with van der Waals surface area (Å²) in [7, 11) is 2.96. The summed E-state index contributed by atoms with van der Waals surface area (Å²) in [5.74, 6) is 0.127. The minimum Gasteiger partial charge on any atom is -0.495 e. The Hall–Kier alpha value is -3.58. The van der Waals surface area contributed by atoms with Crippen molar-refractivity contribution in [1.29, 1.82) is 0 Å². The van der Waals surface area contributed by atoms with Crippen LogP contribution >= 0.6 is 11.6 Å². The van der Waals surface area contributed by atoms with E-state index in [4.69, 9.17) is 21.1 Å². The normalized spacial score (nSPS) is 11.2. The van der Waals surface area contributed by atoms with E-state index in [-0.39, 0.29) is 18.2 Å². The van der Waals surface area contributed by atoms with E-state index in [0.29, 0.717) is 33.5 Å². The first-order chi connectivity index (χ1) is 14.9. The van der Waals surface area contributed by atoms with Crippen molar-refractivity contribution in [2.24, 2.45) is 5.10 Å². The molecule has 0 aliphatic carbocycles. The third-order valence-electron chi connectivity index (χ3n) is 4.52. The molecule has 0 heterocycles. The lowest BCUT2D eigenvalue weighted by Crippen LogP contribution is -2.21. The van der Waals surface area contributed by atoms with Gasteiger partial charge in [-0.2, -0.15) is 5.10 Å². The van der Waals surface area contributed by atoms with E-state index < -0.39 is 0 Å². The molecule has 0 aliphatic rings. The number of carbonyl (C=O) groups excluding carboxylic acids is 2. The summed E-state index contributed by atoms with van der Waals surface area (Å²) in [5, 5.41) is 9.14. The lowest BCUT2D eigenvalue weighted by atomic mass is 10.1. The summed E-state index contributed by atoms with van der Waals surface area (Å²) >= 11 is 6.08. The minimum absolute atomic E-state index is 0.0217. The Labute approximate surface area is 185 Å². The van der Waals surface area contributed by atoms with Crippen molar-refractivity contribution >= 4 is 45.6 Å². The molecule has 0 unspecified atom stereocenters. The Bertz CT molecular complexity index is 1160. The van der Waals surface area contributed by atoms with Crippen molar-refractivity contribution in [3.05, 3.63) is 65.2 Å². The van der Waals surface area contributed by atoms with E-state index >= 15 is 0 Å². The smallest absolute Gasteiger partial charge is 0.271 e. The molecule has 0 radical (unpaired) electrons. The number of nitrogens with one attached hydrogen (secondary N) is 2. The maximum atomic E-state index is 12.4. The molecule has 2 N–H and O–H groups in total. The number of hydrazone groups is 1. The second-order valence-electron chi connectivity index (χ2n) is 6.76. The van der Waals surface area contributed by atoms with Crippen LogP contribution in [0.1, 0.15) is 23.7 Å². The highest BCUT2D eigenvalue weighted by Gasteiger charge is 2.13. The third-order valence-corrected chi connectivity index (χ3v) is 4.82. The summed E-state index contributed by atoms with van der Waals surface area (Å²) in [5.41, 5.74) is 3.83. The van der Waals surface area contributed by atoms with Crippen LogP contribution in [-0.2, 0) is 4.79 Å². The predicted octanol–water partition coefficient (Wildman–Crippen LogP) is 4.64. The van der Waals surface area contributed by atoms with Gasteiger partial charge in [0.1, 0.15) is 11.5 Å². The molecule has 0 atom stereocenters. The zero-order chi connectivity index (χ0) is 22.4. The average molecular weight is 440 g/mol. The van der Waals surface area contributed by atoms with Crippen molar-refractivity contribution in [2.45, 2.75) is 13.3 Å². The van der Waals surface area contributed by atoms with Crippen molar-refractivity contribution in [1.82, 2.24) is 5.43 Å². The lowest BCUT2D eigenvalue weighted by Gasteiger charge is -2.13. The molecule has 3 aromatic carbocycles. The second kappa shape index (κ2) is 9.95. The quantitative estimate of drug-likeness (QED) is 0.414. The molecule has 8 heteroatoms. The van der Waals surface area contributed by atoms with Crippen LogP contribution in [0, 0.1) is 0 Å². The van der Waals surface area contributed by atoms with Crippen LogP contribution in [0.4, 0.5) is 5.69 Å². The minimum atomic E-state index is -0.352. The molecule has 0 saturated heterocycles. The van der Waals surface area contributed by atoms with E-state index in [2.05, 4.69) is 15.8 Å². The molecule has 3 aromatic rings. The fraction of sp³-hybridized carbons (Fsp3) is 0.174. The van der Waals surface area contributed by atoms with Crippen LogP contribution in [0.3, 0.4) is 0 Å². The Morgan fingerprint density at radius 2 is 1.68 bits per heavy atom. The van der Waals surface area contributed by atoms with Gasteiger partial charge in [-0.25, -0.2) is 5.43 Å². The number of hydrogen-bond donors (Lipinski definition) is 2. The summed E-state index contributed by atoms with van der Waals surface area (Å²) in [6, 6.07) is 16.3. The fourth-order valence-corrected chi connectivity index (χ4v) is 3.20. The van der Waals surface area contributed by atoms with Crippen molar-refractivity contribution in [3.63, 3.8) is 0 Å². The Morgan fingerprint density at radius 3 is 2.39 bits per heavy atom. The molecule has 2 amide bonds. The second-order valence-corrected chi connectivity index (χ2v) is 7.17. The molecular formula is C23H22ClN3O4. The van der Waals surface area contributed by atoms with Gasteiger partial charge in [0.15, 0.2) is 0 Å². The highest BCUT2D eigenvalue weighted by Crippen LogP contribution is 2.35. The van der Waals surface area contributed by atoms with Gasteiger partial charge in [-0.05, 0) is 29.8 Å². The highest BCUT2D eigenvalue weighted by molar-refractivity contribution is 6.32. The van der Waals surface area contributed by atoms with E-state index in [0.717, 1.165) is 10.8 Å². The Balaban J connectivity index is 1.63. The van der Waals surface area contributed by atoms with Crippen LogP contribution in [-0.4, -0.2) is 31.7 Å². The van der Waals surface area contributed by atoms with Gasteiger partial charge in [0, 0.05) is 23.4 Å². The van der Waals surface area contributed by atoms with E-state index in [1.54, 1.807) is 31.2 Å². The zero-order valence-corrected chi connectivity index (χ0v) is 18.1. The maximum absolute atomic E-state index is 12.4. The van der Waals surface area contributed by atoms with Gasteiger partial charge in [-0.1, -0.05) is 41.9 Å². The van der Waals surface area contributed by atoms with Gasteiger partial charge in [0.05, 0.1) is 31.4 Å². The molecule has 31 heavy (non-hydrogen) atoms. The highest BCUT2D eigenvalue weighted by atomic mass is 35.5. The largest absolute Gasteiger partial charge is 0.495 e. The summed E-state index contributed by atoms with van der Waals surface area (Å²) < 4.78 is 10.4. The van der Waals surface area contributed by atoms with Crippen LogP contribution in [0.5, 0.6) is 11.5 Å². The molecule has 7 nitrogen and oxygen atoms in total. The Morgan fingerprint density at radius 1 is 0.968 bits per heavy atom. The van der Waals surface area contributed by atoms with E-state index in [1.165, 1.54) is 14.2 Å². The number of nitrogens with zero attached hydrogens (tertiary/aromatic N) is 1. The molecule has 0 bridgehead atoms. The molecule has 0 saturated carbocycles. The van der Waals surface area contributed by atoms with Crippen molar-refractivity contribution in [2.75, 3.05) is 19.5 Å². The molecular weight excluding hydrogens is 418 g/mol. The molecule has 3 rings (SSSR count). The first-order valence-corrected chi connectivity index (χ1v) is 9.82. The maximum Gasteiger partial charge on any atom is 0.271 e. The topological polar surface area (TPSA) is 89.0 Å². The van der Waals surface area contributed by atoms with E-state index in [1.807, 2.05) is 30.3 Å². The number of fused-ring (bicyclic) bond motifs is 1. The summed E-state index contributed by atoms with van der Waals surface area (Å²) in [6.07, 6.45) is -0.0217. The third kappa shape index (κ3) is 5.52. The van der Waals surface area contributed by atoms with Gasteiger partial charge in [0.25, 0.3) is 5.91 Å². The predicted molar refractivity (Wildman–Crippen MR) is 122 cm³/mol. The summed E-state index contributed by atoms with van der Waals surface area (Å²) in [4.78, 5) is 24.8. The molecule has 0 fully saturated rings. The van der Waals surface area contributed by atoms with Crippen LogP contribution in [0.2, 0.25) is 5.02 Å². The number of ether oxygens (including phenoxy) is 2. The molecule has 160 valence electrons. The van der Waals surface area contributed by atoms with Crippen LogP contribution < -0.4 is 20.2 Å². The van der Waals surface area contributed by atoms with Gasteiger partial charge >= 0.3 is 0 Å². The number of halogens is 1. The number of hydrogen-bond acceptors (Lipinski definition) is 5. The molecule has 0 aliphatic heterocycles. The fourth-order valence-electron chi connectivity index (χ4n) is 2.97. The number of amides is 2. The monoisotopic (exact) mass is 439 g/mol. The number of methoxy groups -OCH3 is 2. The average Bonchev–Trinajstić information content (AvgIpc) is 2.77. The molecule has 0 spiro atoms. The van der Waals surface area contributed by atoms with Gasteiger partial charge in [0.2, 0.25) is 5.91 Å².